The molecule has 0 aliphatic heterocycles. The van der Waals surface area contributed by atoms with E-state index in [1.54, 1.807) is 19.1 Å². The molecule has 6 heteroatoms. The highest BCUT2D eigenvalue weighted by atomic mass is 16.5. The lowest BCUT2D eigenvalue weighted by Crippen LogP contribution is -2.13. The summed E-state index contributed by atoms with van der Waals surface area (Å²) >= 11 is 0. The van der Waals surface area contributed by atoms with E-state index in [4.69, 9.17) is 4.74 Å². The van der Waals surface area contributed by atoms with Crippen LogP contribution >= 0.6 is 0 Å². The van der Waals surface area contributed by atoms with E-state index in [2.05, 4.69) is 20.5 Å². The summed E-state index contributed by atoms with van der Waals surface area (Å²) in [4.78, 5) is 15.5. The molecule has 0 aliphatic carbocycles. The van der Waals surface area contributed by atoms with Crippen LogP contribution in [0.3, 0.4) is 0 Å². The Labute approximate surface area is 104 Å². The Hall–Kier alpha value is -2.37. The molecule has 94 valence electrons. The number of amides is 1. The Balaban J connectivity index is 2.17. The summed E-state index contributed by atoms with van der Waals surface area (Å²) in [6.45, 7) is 3.93. The maximum Gasteiger partial charge on any atom is 0.411 e. The standard InChI is InChI=1S/C12H14N4O2/c1-3-18-12(17)14-10-6-4-5-9(7-10)11-13-8(2)15-16-11/h4-7H,3H2,1-2H3,(H,14,17)(H,13,15,16). The van der Waals surface area contributed by atoms with Crippen molar-refractivity contribution in [1.82, 2.24) is 15.2 Å². The van der Waals surface area contributed by atoms with Gasteiger partial charge in [0.15, 0.2) is 5.82 Å². The van der Waals surface area contributed by atoms with Gasteiger partial charge in [-0.1, -0.05) is 12.1 Å². The average molecular weight is 246 g/mol. The Morgan fingerprint density at radius 3 is 3.00 bits per heavy atom. The fourth-order valence-electron chi connectivity index (χ4n) is 1.49. The first-order valence-corrected chi connectivity index (χ1v) is 5.62. The zero-order valence-electron chi connectivity index (χ0n) is 10.2. The molecule has 0 saturated carbocycles. The number of rotatable bonds is 3. The average Bonchev–Trinajstić information content (AvgIpc) is 2.76. The summed E-state index contributed by atoms with van der Waals surface area (Å²) in [6.07, 6.45) is -0.471. The fraction of sp³-hybridized carbons (Fsp3) is 0.250. The summed E-state index contributed by atoms with van der Waals surface area (Å²) in [5, 5.41) is 9.47. The van der Waals surface area contributed by atoms with E-state index in [0.717, 1.165) is 11.4 Å². The topological polar surface area (TPSA) is 79.9 Å². The summed E-state index contributed by atoms with van der Waals surface area (Å²) in [6, 6.07) is 7.26. The van der Waals surface area contributed by atoms with Gasteiger partial charge in [-0.25, -0.2) is 9.78 Å². The van der Waals surface area contributed by atoms with Gasteiger partial charge in [-0.2, -0.15) is 5.10 Å². The fourth-order valence-corrected chi connectivity index (χ4v) is 1.49. The van der Waals surface area contributed by atoms with Crippen LogP contribution < -0.4 is 5.32 Å². The summed E-state index contributed by atoms with van der Waals surface area (Å²) in [5.74, 6) is 1.34. The second-order valence-electron chi connectivity index (χ2n) is 3.67. The molecule has 2 aromatic rings. The highest BCUT2D eigenvalue weighted by Crippen LogP contribution is 2.19. The van der Waals surface area contributed by atoms with Crippen LogP contribution in [0.15, 0.2) is 24.3 Å². The van der Waals surface area contributed by atoms with Crippen molar-refractivity contribution in [2.75, 3.05) is 11.9 Å². The molecule has 2 rings (SSSR count). The van der Waals surface area contributed by atoms with Crippen molar-refractivity contribution >= 4 is 11.8 Å². The van der Waals surface area contributed by atoms with Gasteiger partial charge in [-0.3, -0.25) is 10.4 Å². The van der Waals surface area contributed by atoms with Gasteiger partial charge < -0.3 is 4.74 Å². The molecule has 0 saturated heterocycles. The van der Waals surface area contributed by atoms with Crippen LogP contribution in [0.1, 0.15) is 12.7 Å². The van der Waals surface area contributed by atoms with Crippen molar-refractivity contribution in [2.24, 2.45) is 0 Å². The molecule has 1 heterocycles. The minimum absolute atomic E-state index is 0.339. The van der Waals surface area contributed by atoms with E-state index in [1.165, 1.54) is 0 Å². The first-order chi connectivity index (χ1) is 8.69. The largest absolute Gasteiger partial charge is 0.450 e. The van der Waals surface area contributed by atoms with Crippen LogP contribution in [0.2, 0.25) is 0 Å². The second-order valence-corrected chi connectivity index (χ2v) is 3.67. The van der Waals surface area contributed by atoms with Crippen LogP contribution in [0.4, 0.5) is 10.5 Å². The third kappa shape index (κ3) is 2.85. The first kappa shape index (κ1) is 12.1. The Morgan fingerprint density at radius 1 is 1.50 bits per heavy atom. The number of H-pyrrole nitrogens is 1. The second kappa shape index (κ2) is 5.31. The van der Waals surface area contributed by atoms with E-state index in [-0.39, 0.29) is 0 Å². The monoisotopic (exact) mass is 246 g/mol. The molecule has 0 aliphatic rings. The maximum atomic E-state index is 11.3. The maximum absolute atomic E-state index is 11.3. The predicted octanol–water partition coefficient (Wildman–Crippen LogP) is 2.35. The highest BCUT2D eigenvalue weighted by Gasteiger charge is 2.06. The highest BCUT2D eigenvalue weighted by molar-refractivity contribution is 5.85. The molecular weight excluding hydrogens is 232 g/mol. The molecule has 18 heavy (non-hydrogen) atoms. The summed E-state index contributed by atoms with van der Waals surface area (Å²) < 4.78 is 4.81. The number of carbonyl (C=O) groups is 1. The van der Waals surface area contributed by atoms with Gasteiger partial charge in [-0.15, -0.1) is 0 Å². The molecule has 0 atom stereocenters. The third-order valence-corrected chi connectivity index (χ3v) is 2.24. The van der Waals surface area contributed by atoms with E-state index in [1.807, 2.05) is 19.1 Å². The third-order valence-electron chi connectivity index (χ3n) is 2.24. The summed E-state index contributed by atoms with van der Waals surface area (Å²) in [7, 11) is 0. The Kier molecular flexibility index (Phi) is 3.57. The minimum atomic E-state index is -0.471. The van der Waals surface area contributed by atoms with Crippen LogP contribution in [-0.2, 0) is 4.74 Å². The zero-order chi connectivity index (χ0) is 13.0. The predicted molar refractivity (Wildman–Crippen MR) is 67.2 cm³/mol. The molecule has 1 aromatic heterocycles. The number of carbonyl (C=O) groups excluding carboxylic acids is 1. The van der Waals surface area contributed by atoms with Crippen molar-refractivity contribution < 1.29 is 9.53 Å². The molecule has 0 bridgehead atoms. The normalized spacial score (nSPS) is 10.1. The molecule has 1 aromatic carbocycles. The molecule has 0 radical (unpaired) electrons. The molecule has 0 unspecified atom stereocenters. The molecular formula is C12H14N4O2. The van der Waals surface area contributed by atoms with Gasteiger partial charge in [0.2, 0.25) is 0 Å². The van der Waals surface area contributed by atoms with Crippen molar-refractivity contribution in [2.45, 2.75) is 13.8 Å². The van der Waals surface area contributed by atoms with Crippen LogP contribution in [0.25, 0.3) is 11.4 Å². The van der Waals surface area contributed by atoms with Gasteiger partial charge in [0.05, 0.1) is 6.61 Å². The molecule has 0 fully saturated rings. The van der Waals surface area contributed by atoms with Crippen molar-refractivity contribution in [3.63, 3.8) is 0 Å². The van der Waals surface area contributed by atoms with E-state index < -0.39 is 6.09 Å². The number of ether oxygens (including phenoxy) is 1. The van der Waals surface area contributed by atoms with Crippen molar-refractivity contribution in [1.29, 1.82) is 0 Å². The number of aromatic amines is 1. The zero-order valence-corrected chi connectivity index (χ0v) is 10.2. The van der Waals surface area contributed by atoms with Gasteiger partial charge in [0.25, 0.3) is 0 Å². The van der Waals surface area contributed by atoms with Crippen molar-refractivity contribution in [3.05, 3.63) is 30.1 Å². The lowest BCUT2D eigenvalue weighted by atomic mass is 10.2. The van der Waals surface area contributed by atoms with Gasteiger partial charge in [0, 0.05) is 11.3 Å². The lowest BCUT2D eigenvalue weighted by Gasteiger charge is -2.05. The number of anilines is 1. The number of aromatic nitrogens is 3. The number of aryl methyl sites for hydroxylation is 1. The first-order valence-electron chi connectivity index (χ1n) is 5.62. The van der Waals surface area contributed by atoms with Gasteiger partial charge in [-0.05, 0) is 26.0 Å². The molecule has 2 N–H and O–H groups in total. The Morgan fingerprint density at radius 2 is 2.33 bits per heavy atom. The smallest absolute Gasteiger partial charge is 0.411 e. The molecule has 1 amide bonds. The van der Waals surface area contributed by atoms with Gasteiger partial charge >= 0.3 is 6.09 Å². The quantitative estimate of drug-likeness (QED) is 0.871. The van der Waals surface area contributed by atoms with E-state index in [0.29, 0.717) is 18.1 Å². The minimum Gasteiger partial charge on any atom is -0.450 e. The Bertz CT molecular complexity index is 551. The number of hydrogen-bond donors (Lipinski definition) is 2. The van der Waals surface area contributed by atoms with Crippen LogP contribution in [-0.4, -0.2) is 27.9 Å². The van der Waals surface area contributed by atoms with E-state index >= 15 is 0 Å². The number of nitrogens with one attached hydrogen (secondary N) is 2. The van der Waals surface area contributed by atoms with Gasteiger partial charge in [0.1, 0.15) is 5.82 Å². The van der Waals surface area contributed by atoms with Crippen LogP contribution in [0.5, 0.6) is 0 Å². The van der Waals surface area contributed by atoms with Crippen molar-refractivity contribution in [3.8, 4) is 11.4 Å². The number of benzene rings is 1. The van der Waals surface area contributed by atoms with E-state index in [9.17, 15) is 4.79 Å². The molecule has 0 spiro atoms. The van der Waals surface area contributed by atoms with Crippen LogP contribution in [0, 0.1) is 6.92 Å². The molecule has 6 nitrogen and oxygen atoms in total. The number of hydrogen-bond acceptors (Lipinski definition) is 4. The lowest BCUT2D eigenvalue weighted by molar-refractivity contribution is 0.168. The summed E-state index contributed by atoms with van der Waals surface area (Å²) in [5.41, 5.74) is 1.47. The number of nitrogens with zero attached hydrogens (tertiary/aromatic N) is 2. The SMILES string of the molecule is CCOC(=O)Nc1cccc(-c2n[nH]c(C)n2)c1.